The highest BCUT2D eigenvalue weighted by atomic mass is 32.1. The number of methoxy groups -OCH3 is 2. The van der Waals surface area contributed by atoms with Gasteiger partial charge in [-0.05, 0) is 35.5 Å². The summed E-state index contributed by atoms with van der Waals surface area (Å²) in [5.41, 5.74) is 1.80. The van der Waals surface area contributed by atoms with Gasteiger partial charge in [-0.15, -0.1) is 21.5 Å². The molecule has 0 unspecified atom stereocenters. The summed E-state index contributed by atoms with van der Waals surface area (Å²) in [6.45, 7) is 0.486. The van der Waals surface area contributed by atoms with Crippen molar-refractivity contribution in [2.45, 2.75) is 6.54 Å². The lowest BCUT2D eigenvalue weighted by atomic mass is 10.2. The van der Waals surface area contributed by atoms with Crippen LogP contribution in [0.25, 0.3) is 21.6 Å². The molecule has 2 aromatic heterocycles. The summed E-state index contributed by atoms with van der Waals surface area (Å²) in [5.74, 6) is 1.82. The zero-order valence-electron chi connectivity index (χ0n) is 13.7. The van der Waals surface area contributed by atoms with Crippen molar-refractivity contribution in [2.24, 2.45) is 0 Å². The predicted molar refractivity (Wildman–Crippen MR) is 95.1 cm³/mol. The maximum atomic E-state index is 5.32. The molecule has 0 aliphatic rings. The molecule has 0 fully saturated rings. The molecule has 8 heteroatoms. The number of rotatable bonds is 5. The number of hydrogen-bond acceptors (Lipinski definition) is 7. The van der Waals surface area contributed by atoms with Crippen LogP contribution in [0.3, 0.4) is 0 Å². The molecule has 2 heterocycles. The van der Waals surface area contributed by atoms with Crippen molar-refractivity contribution in [1.29, 1.82) is 0 Å². The van der Waals surface area contributed by atoms with E-state index in [1.165, 1.54) is 0 Å². The van der Waals surface area contributed by atoms with Gasteiger partial charge in [0, 0.05) is 5.56 Å². The highest BCUT2D eigenvalue weighted by Gasteiger charge is 2.12. The van der Waals surface area contributed by atoms with Crippen LogP contribution >= 0.6 is 11.3 Å². The summed E-state index contributed by atoms with van der Waals surface area (Å²) in [6.07, 6.45) is 0. The molecule has 0 atom stereocenters. The van der Waals surface area contributed by atoms with E-state index >= 15 is 0 Å². The van der Waals surface area contributed by atoms with Gasteiger partial charge in [-0.2, -0.15) is 4.80 Å². The van der Waals surface area contributed by atoms with Crippen molar-refractivity contribution in [3.05, 3.63) is 47.5 Å². The first-order valence-electron chi connectivity index (χ1n) is 7.61. The summed E-state index contributed by atoms with van der Waals surface area (Å²) in [6, 6.07) is 13.6. The Morgan fingerprint density at radius 3 is 2.68 bits per heavy atom. The Bertz CT molecular complexity index is 994. The van der Waals surface area contributed by atoms with Gasteiger partial charge in [0.2, 0.25) is 5.82 Å². The Morgan fingerprint density at radius 2 is 1.88 bits per heavy atom. The van der Waals surface area contributed by atoms with E-state index in [9.17, 15) is 0 Å². The van der Waals surface area contributed by atoms with Gasteiger partial charge in [-0.1, -0.05) is 12.1 Å². The minimum Gasteiger partial charge on any atom is -0.493 e. The first-order valence-corrected chi connectivity index (χ1v) is 8.43. The molecule has 0 aliphatic heterocycles. The molecule has 0 bridgehead atoms. The monoisotopic (exact) mass is 353 g/mol. The molecule has 0 saturated heterocycles. The molecule has 7 nitrogen and oxygen atoms in total. The number of aromatic nitrogens is 5. The average Bonchev–Trinajstić information content (AvgIpc) is 3.27. The van der Waals surface area contributed by atoms with Gasteiger partial charge < -0.3 is 9.47 Å². The lowest BCUT2D eigenvalue weighted by molar-refractivity contribution is 0.355. The maximum Gasteiger partial charge on any atom is 0.205 e. The normalized spacial score (nSPS) is 11.0. The van der Waals surface area contributed by atoms with Crippen LogP contribution in [0.1, 0.15) is 5.01 Å². The molecule has 2 aromatic carbocycles. The van der Waals surface area contributed by atoms with Gasteiger partial charge >= 0.3 is 0 Å². The molecule has 0 amide bonds. The quantitative estimate of drug-likeness (QED) is 0.549. The third-order valence-electron chi connectivity index (χ3n) is 3.71. The summed E-state index contributed by atoms with van der Waals surface area (Å²) >= 11 is 1.63. The molecular weight excluding hydrogens is 338 g/mol. The molecule has 126 valence electrons. The van der Waals surface area contributed by atoms with Gasteiger partial charge in [-0.3, -0.25) is 0 Å². The fourth-order valence-corrected chi connectivity index (χ4v) is 3.45. The number of tetrazole rings is 1. The first kappa shape index (κ1) is 15.5. The molecule has 4 rings (SSSR count). The van der Waals surface area contributed by atoms with Crippen LogP contribution in [-0.4, -0.2) is 39.4 Å². The third kappa shape index (κ3) is 3.03. The average molecular weight is 353 g/mol. The van der Waals surface area contributed by atoms with Crippen LogP contribution in [0, 0.1) is 0 Å². The number of benzene rings is 2. The van der Waals surface area contributed by atoms with Gasteiger partial charge in [0.1, 0.15) is 11.6 Å². The number of hydrogen-bond donors (Lipinski definition) is 0. The number of para-hydroxylation sites is 1. The summed E-state index contributed by atoms with van der Waals surface area (Å²) in [5, 5.41) is 13.6. The van der Waals surface area contributed by atoms with Gasteiger partial charge in [0.25, 0.3) is 0 Å². The van der Waals surface area contributed by atoms with Crippen molar-refractivity contribution in [2.75, 3.05) is 14.2 Å². The minimum atomic E-state index is 0.486. The smallest absolute Gasteiger partial charge is 0.205 e. The second-order valence-electron chi connectivity index (χ2n) is 5.29. The Kier molecular flexibility index (Phi) is 4.02. The zero-order chi connectivity index (χ0) is 17.2. The SMILES string of the molecule is COc1ccc(-c2nnn(Cc3nc4ccccc4s3)n2)cc1OC. The molecule has 0 saturated carbocycles. The van der Waals surface area contributed by atoms with Crippen molar-refractivity contribution in [1.82, 2.24) is 25.2 Å². The van der Waals surface area contributed by atoms with Crippen LogP contribution in [0.4, 0.5) is 0 Å². The number of thiazole rings is 1. The first-order chi connectivity index (χ1) is 12.3. The van der Waals surface area contributed by atoms with Crippen molar-refractivity contribution >= 4 is 21.6 Å². The van der Waals surface area contributed by atoms with Crippen LogP contribution in [0.2, 0.25) is 0 Å². The highest BCUT2D eigenvalue weighted by Crippen LogP contribution is 2.30. The van der Waals surface area contributed by atoms with Crippen LogP contribution in [-0.2, 0) is 6.54 Å². The maximum absolute atomic E-state index is 5.32. The topological polar surface area (TPSA) is 75.0 Å². The second-order valence-corrected chi connectivity index (χ2v) is 6.40. The Hall–Kier alpha value is -3.00. The Labute approximate surface area is 147 Å². The zero-order valence-corrected chi connectivity index (χ0v) is 14.5. The lowest BCUT2D eigenvalue weighted by Gasteiger charge is -2.07. The standard InChI is InChI=1S/C17H15N5O2S/c1-23-13-8-7-11(9-14(13)24-2)17-19-21-22(20-17)10-16-18-12-5-3-4-6-15(12)25-16/h3-9H,10H2,1-2H3. The number of nitrogens with zero attached hydrogens (tertiary/aromatic N) is 5. The van der Waals surface area contributed by atoms with Gasteiger partial charge in [0.15, 0.2) is 11.5 Å². The summed E-state index contributed by atoms with van der Waals surface area (Å²) in [4.78, 5) is 6.14. The van der Waals surface area contributed by atoms with E-state index in [-0.39, 0.29) is 0 Å². The van der Waals surface area contributed by atoms with E-state index in [0.29, 0.717) is 23.9 Å². The van der Waals surface area contributed by atoms with Crippen molar-refractivity contribution in [3.63, 3.8) is 0 Å². The van der Waals surface area contributed by atoms with Crippen molar-refractivity contribution in [3.8, 4) is 22.9 Å². The van der Waals surface area contributed by atoms with E-state index in [1.807, 2.05) is 36.4 Å². The molecule has 4 aromatic rings. The van der Waals surface area contributed by atoms with Crippen LogP contribution in [0.5, 0.6) is 11.5 Å². The molecule has 25 heavy (non-hydrogen) atoms. The van der Waals surface area contributed by atoms with E-state index in [1.54, 1.807) is 30.4 Å². The van der Waals surface area contributed by atoms with E-state index < -0.39 is 0 Å². The van der Waals surface area contributed by atoms with Gasteiger partial charge in [-0.25, -0.2) is 4.98 Å². The van der Waals surface area contributed by atoms with E-state index in [2.05, 4.69) is 26.5 Å². The van der Waals surface area contributed by atoms with Gasteiger partial charge in [0.05, 0.1) is 24.4 Å². The summed E-state index contributed by atoms with van der Waals surface area (Å²) < 4.78 is 11.7. The van der Waals surface area contributed by atoms with Crippen LogP contribution < -0.4 is 9.47 Å². The highest BCUT2D eigenvalue weighted by molar-refractivity contribution is 7.18. The van der Waals surface area contributed by atoms with Crippen molar-refractivity contribution < 1.29 is 9.47 Å². The molecule has 0 aliphatic carbocycles. The number of ether oxygens (including phenoxy) is 2. The fourth-order valence-electron chi connectivity index (χ4n) is 2.51. The molecule has 0 radical (unpaired) electrons. The summed E-state index contributed by atoms with van der Waals surface area (Å²) in [7, 11) is 3.20. The third-order valence-corrected chi connectivity index (χ3v) is 4.73. The largest absolute Gasteiger partial charge is 0.493 e. The lowest BCUT2D eigenvalue weighted by Crippen LogP contribution is -2.03. The van der Waals surface area contributed by atoms with Crippen LogP contribution in [0.15, 0.2) is 42.5 Å². The minimum absolute atomic E-state index is 0.486. The fraction of sp³-hybridized carbons (Fsp3) is 0.176. The predicted octanol–water partition coefficient (Wildman–Crippen LogP) is 3.02. The van der Waals surface area contributed by atoms with E-state index in [4.69, 9.17) is 9.47 Å². The van der Waals surface area contributed by atoms with E-state index in [0.717, 1.165) is 20.8 Å². The number of fused-ring (bicyclic) bond motifs is 1. The second kappa shape index (κ2) is 6.48. The Balaban J connectivity index is 1.59. The molecular formula is C17H15N5O2S. The molecule has 0 spiro atoms. The molecule has 0 N–H and O–H groups in total. The Morgan fingerprint density at radius 1 is 1.04 bits per heavy atom.